The Balaban J connectivity index is 1.93. The van der Waals surface area contributed by atoms with E-state index in [1.165, 1.54) is 11.1 Å². The number of nitrogens with zero attached hydrogens (tertiary/aromatic N) is 2. The number of aromatic nitrogens is 3. The van der Waals surface area contributed by atoms with E-state index in [0.717, 1.165) is 12.2 Å². The van der Waals surface area contributed by atoms with Crippen LogP contribution < -0.4 is 5.32 Å². The molecule has 86 valence electrons. The summed E-state index contributed by atoms with van der Waals surface area (Å²) < 4.78 is 2.06. The average Bonchev–Trinajstić information content (AvgIpc) is 2.84. The van der Waals surface area contributed by atoms with E-state index in [-0.39, 0.29) is 0 Å². The fourth-order valence-corrected chi connectivity index (χ4v) is 1.84. The largest absolute Gasteiger partial charge is 0.357 e. The Morgan fingerprint density at radius 2 is 2.38 bits per heavy atom. The zero-order chi connectivity index (χ0) is 11.5. The quantitative estimate of drug-likeness (QED) is 0.823. The average molecular weight is 218 g/mol. The zero-order valence-electron chi connectivity index (χ0n) is 9.99. The molecule has 0 aromatic carbocycles. The van der Waals surface area contributed by atoms with Crippen molar-refractivity contribution in [3.63, 3.8) is 0 Å². The van der Waals surface area contributed by atoms with E-state index in [1.807, 2.05) is 20.2 Å². The molecule has 0 radical (unpaired) electrons. The van der Waals surface area contributed by atoms with Crippen LogP contribution in [-0.4, -0.2) is 14.8 Å². The lowest BCUT2D eigenvalue weighted by molar-refractivity contribution is 0.572. The first kappa shape index (κ1) is 11.0. The van der Waals surface area contributed by atoms with Crippen LogP contribution in [0.5, 0.6) is 0 Å². The smallest absolute Gasteiger partial charge is 0.0537 e. The molecule has 2 N–H and O–H groups in total. The van der Waals surface area contributed by atoms with Gasteiger partial charge in [0.1, 0.15) is 0 Å². The molecule has 0 amide bonds. The number of hydrogen-bond acceptors (Lipinski definition) is 2. The summed E-state index contributed by atoms with van der Waals surface area (Å²) in [4.78, 5) is 0. The van der Waals surface area contributed by atoms with Gasteiger partial charge in [0, 0.05) is 43.3 Å². The molecule has 0 saturated carbocycles. The lowest BCUT2D eigenvalue weighted by atomic mass is 10.1. The molecule has 0 aliphatic rings. The molecule has 16 heavy (non-hydrogen) atoms. The summed E-state index contributed by atoms with van der Waals surface area (Å²) in [5, 5.41) is 10.5. The molecule has 0 fully saturated rings. The summed E-state index contributed by atoms with van der Waals surface area (Å²) in [7, 11) is 2.03. The number of aromatic amines is 1. The van der Waals surface area contributed by atoms with Crippen LogP contribution in [0.1, 0.15) is 29.8 Å². The molecule has 2 rings (SSSR count). The maximum absolute atomic E-state index is 4.03. The minimum absolute atomic E-state index is 0.318. The molecule has 0 aliphatic heterocycles. The van der Waals surface area contributed by atoms with E-state index in [4.69, 9.17) is 0 Å². The van der Waals surface area contributed by atoms with Crippen LogP contribution in [0.4, 0.5) is 0 Å². The number of nitrogens with one attached hydrogen (secondary N) is 2. The molecule has 2 aromatic rings. The van der Waals surface area contributed by atoms with Gasteiger partial charge in [0.25, 0.3) is 0 Å². The minimum Gasteiger partial charge on any atom is -0.357 e. The van der Waals surface area contributed by atoms with Gasteiger partial charge in [0.2, 0.25) is 0 Å². The Morgan fingerprint density at radius 1 is 1.56 bits per heavy atom. The Kier molecular flexibility index (Phi) is 3.10. The van der Waals surface area contributed by atoms with Crippen molar-refractivity contribution in [1.82, 2.24) is 20.1 Å². The summed E-state index contributed by atoms with van der Waals surface area (Å²) in [6, 6.07) is 2.45. The van der Waals surface area contributed by atoms with Gasteiger partial charge in [-0.1, -0.05) is 0 Å². The lowest BCUT2D eigenvalue weighted by Gasteiger charge is -2.12. The number of aryl methyl sites for hydroxylation is 2. The maximum Gasteiger partial charge on any atom is 0.0537 e. The molecule has 4 nitrogen and oxygen atoms in total. The number of rotatable bonds is 4. The second-order valence-electron chi connectivity index (χ2n) is 4.24. The standard InChI is InChI=1S/C12H18N4/c1-9(12-7-14-15-10(12)2)13-6-11-4-5-16(3)8-11/h4-5,7-9,13H,6H2,1-3H3,(H,14,15). The Morgan fingerprint density at radius 3 is 2.94 bits per heavy atom. The lowest BCUT2D eigenvalue weighted by Crippen LogP contribution is -2.18. The van der Waals surface area contributed by atoms with Gasteiger partial charge in [0.15, 0.2) is 0 Å². The zero-order valence-corrected chi connectivity index (χ0v) is 9.99. The first-order chi connectivity index (χ1) is 7.66. The highest BCUT2D eigenvalue weighted by atomic mass is 15.1. The van der Waals surface area contributed by atoms with Gasteiger partial charge in [0.05, 0.1) is 6.20 Å². The molecule has 4 heteroatoms. The van der Waals surface area contributed by atoms with Gasteiger partial charge in [-0.25, -0.2) is 0 Å². The minimum atomic E-state index is 0.318. The van der Waals surface area contributed by atoms with Crippen molar-refractivity contribution in [2.75, 3.05) is 0 Å². The van der Waals surface area contributed by atoms with E-state index in [1.54, 1.807) is 0 Å². The SMILES string of the molecule is Cc1[nH]ncc1C(C)NCc1ccn(C)c1. The number of H-pyrrole nitrogens is 1. The molecule has 0 bridgehead atoms. The summed E-state index contributed by atoms with van der Waals surface area (Å²) in [6.07, 6.45) is 6.07. The van der Waals surface area contributed by atoms with Crippen LogP contribution in [-0.2, 0) is 13.6 Å². The van der Waals surface area contributed by atoms with Gasteiger partial charge in [-0.15, -0.1) is 0 Å². The molecule has 1 unspecified atom stereocenters. The molecule has 1 atom stereocenters. The van der Waals surface area contributed by atoms with E-state index in [0.29, 0.717) is 6.04 Å². The van der Waals surface area contributed by atoms with E-state index < -0.39 is 0 Å². The molecule has 2 heterocycles. The first-order valence-electron chi connectivity index (χ1n) is 5.51. The van der Waals surface area contributed by atoms with Crippen LogP contribution >= 0.6 is 0 Å². The Bertz CT molecular complexity index is 455. The van der Waals surface area contributed by atoms with Crippen molar-refractivity contribution in [3.8, 4) is 0 Å². The van der Waals surface area contributed by atoms with Gasteiger partial charge in [-0.3, -0.25) is 5.10 Å². The summed E-state index contributed by atoms with van der Waals surface area (Å²) in [5.41, 5.74) is 3.67. The van der Waals surface area contributed by atoms with Crippen LogP contribution in [0.3, 0.4) is 0 Å². The second-order valence-corrected chi connectivity index (χ2v) is 4.24. The fraction of sp³-hybridized carbons (Fsp3) is 0.417. The van der Waals surface area contributed by atoms with Gasteiger partial charge in [-0.05, 0) is 25.5 Å². The van der Waals surface area contributed by atoms with E-state index in [9.17, 15) is 0 Å². The summed E-state index contributed by atoms with van der Waals surface area (Å²) in [5.74, 6) is 0. The molecule has 0 spiro atoms. The van der Waals surface area contributed by atoms with Gasteiger partial charge < -0.3 is 9.88 Å². The van der Waals surface area contributed by atoms with Crippen molar-refractivity contribution in [2.45, 2.75) is 26.4 Å². The predicted octanol–water partition coefficient (Wildman–Crippen LogP) is 1.91. The molecular weight excluding hydrogens is 200 g/mol. The van der Waals surface area contributed by atoms with Crippen LogP contribution in [0.15, 0.2) is 24.7 Å². The molecule has 2 aromatic heterocycles. The highest BCUT2D eigenvalue weighted by Gasteiger charge is 2.09. The van der Waals surface area contributed by atoms with Crippen LogP contribution in [0, 0.1) is 6.92 Å². The molecule has 0 saturated heterocycles. The van der Waals surface area contributed by atoms with Gasteiger partial charge in [-0.2, -0.15) is 5.10 Å². The van der Waals surface area contributed by atoms with E-state index >= 15 is 0 Å². The molecular formula is C12H18N4. The van der Waals surface area contributed by atoms with Gasteiger partial charge >= 0.3 is 0 Å². The van der Waals surface area contributed by atoms with Crippen LogP contribution in [0.2, 0.25) is 0 Å². The maximum atomic E-state index is 4.03. The third-order valence-electron chi connectivity index (χ3n) is 2.84. The normalized spacial score (nSPS) is 12.9. The monoisotopic (exact) mass is 218 g/mol. The van der Waals surface area contributed by atoms with Crippen molar-refractivity contribution in [1.29, 1.82) is 0 Å². The number of hydrogen-bond donors (Lipinski definition) is 2. The topological polar surface area (TPSA) is 45.6 Å². The van der Waals surface area contributed by atoms with Crippen molar-refractivity contribution < 1.29 is 0 Å². The first-order valence-corrected chi connectivity index (χ1v) is 5.51. The summed E-state index contributed by atoms with van der Waals surface area (Å²) >= 11 is 0. The fourth-order valence-electron chi connectivity index (χ4n) is 1.84. The second kappa shape index (κ2) is 4.53. The predicted molar refractivity (Wildman–Crippen MR) is 64.0 cm³/mol. The highest BCUT2D eigenvalue weighted by Crippen LogP contribution is 2.14. The third-order valence-corrected chi connectivity index (χ3v) is 2.84. The van der Waals surface area contributed by atoms with Crippen molar-refractivity contribution >= 4 is 0 Å². The highest BCUT2D eigenvalue weighted by molar-refractivity contribution is 5.19. The Labute approximate surface area is 95.7 Å². The third kappa shape index (κ3) is 2.33. The van der Waals surface area contributed by atoms with Crippen LogP contribution in [0.25, 0.3) is 0 Å². The van der Waals surface area contributed by atoms with E-state index in [2.05, 4.69) is 45.5 Å². The van der Waals surface area contributed by atoms with Crippen molar-refractivity contribution in [3.05, 3.63) is 41.5 Å². The van der Waals surface area contributed by atoms with Crippen molar-refractivity contribution in [2.24, 2.45) is 7.05 Å². The Hall–Kier alpha value is -1.55. The molecule has 0 aliphatic carbocycles. The summed E-state index contributed by atoms with van der Waals surface area (Å²) in [6.45, 7) is 5.08.